The lowest BCUT2D eigenvalue weighted by Gasteiger charge is -2.15. The van der Waals surface area contributed by atoms with E-state index in [-0.39, 0.29) is 17.5 Å². The van der Waals surface area contributed by atoms with Crippen LogP contribution in [0.3, 0.4) is 0 Å². The predicted octanol–water partition coefficient (Wildman–Crippen LogP) is 2.15. The molecule has 0 radical (unpaired) electrons. The van der Waals surface area contributed by atoms with Crippen LogP contribution in [0.5, 0.6) is 0 Å². The minimum Gasteiger partial charge on any atom is -0.477 e. The maximum atomic E-state index is 12.0. The molecule has 0 spiro atoms. The van der Waals surface area contributed by atoms with E-state index < -0.39 is 5.97 Å². The van der Waals surface area contributed by atoms with Crippen molar-refractivity contribution < 1.29 is 14.7 Å². The van der Waals surface area contributed by atoms with Crippen LogP contribution in [0.2, 0.25) is 0 Å². The van der Waals surface area contributed by atoms with Gasteiger partial charge in [-0.25, -0.2) is 9.78 Å². The maximum absolute atomic E-state index is 12.0. The van der Waals surface area contributed by atoms with Crippen molar-refractivity contribution in [3.05, 3.63) is 24.0 Å². The summed E-state index contributed by atoms with van der Waals surface area (Å²) in [6, 6.07) is 2.98. The number of aromatic nitrogens is 1. The van der Waals surface area contributed by atoms with Gasteiger partial charge in [-0.1, -0.05) is 13.3 Å². The summed E-state index contributed by atoms with van der Waals surface area (Å²) in [5.74, 6) is -0.694. The monoisotopic (exact) mass is 248 g/mol. The fourth-order valence-electron chi connectivity index (χ4n) is 2.40. The predicted molar refractivity (Wildman–Crippen MR) is 66.3 cm³/mol. The lowest BCUT2D eigenvalue weighted by Crippen LogP contribution is -2.24. The Morgan fingerprint density at radius 2 is 2.22 bits per heavy atom. The first-order chi connectivity index (χ1) is 8.58. The Morgan fingerprint density at radius 3 is 2.83 bits per heavy atom. The third-order valence-corrected chi connectivity index (χ3v) is 3.44. The van der Waals surface area contributed by atoms with Crippen molar-refractivity contribution >= 4 is 17.6 Å². The van der Waals surface area contributed by atoms with Gasteiger partial charge in [-0.2, -0.15) is 0 Å². The average molecular weight is 248 g/mol. The number of hydrogen-bond donors (Lipinski definition) is 2. The van der Waals surface area contributed by atoms with Crippen molar-refractivity contribution in [3.8, 4) is 0 Å². The molecule has 5 nitrogen and oxygen atoms in total. The lowest BCUT2D eigenvalue weighted by molar-refractivity contribution is -0.120. The highest BCUT2D eigenvalue weighted by atomic mass is 16.4. The van der Waals surface area contributed by atoms with Gasteiger partial charge in [0.2, 0.25) is 5.91 Å². The van der Waals surface area contributed by atoms with E-state index in [1.165, 1.54) is 12.3 Å². The van der Waals surface area contributed by atoms with E-state index in [1.807, 2.05) is 0 Å². The summed E-state index contributed by atoms with van der Waals surface area (Å²) < 4.78 is 0. The summed E-state index contributed by atoms with van der Waals surface area (Å²) in [5, 5.41) is 11.6. The van der Waals surface area contributed by atoms with Crippen LogP contribution in [0, 0.1) is 11.8 Å². The molecule has 96 valence electrons. The molecule has 0 saturated heterocycles. The van der Waals surface area contributed by atoms with E-state index in [0.717, 1.165) is 19.3 Å². The molecule has 1 saturated carbocycles. The molecule has 0 aliphatic heterocycles. The Hall–Kier alpha value is -1.91. The molecule has 1 aliphatic rings. The summed E-state index contributed by atoms with van der Waals surface area (Å²) in [5.41, 5.74) is 0.429. The van der Waals surface area contributed by atoms with Crippen LogP contribution >= 0.6 is 0 Å². The van der Waals surface area contributed by atoms with Crippen molar-refractivity contribution in [1.82, 2.24) is 4.98 Å². The Bertz CT molecular complexity index is 473. The van der Waals surface area contributed by atoms with Crippen LogP contribution in [0.4, 0.5) is 5.69 Å². The molecule has 1 aliphatic carbocycles. The van der Waals surface area contributed by atoms with Gasteiger partial charge in [0.05, 0.1) is 0 Å². The molecule has 5 heteroatoms. The standard InChI is InChI=1S/C13H16N2O3/c1-8-3-2-4-10(8)12(16)15-9-5-6-14-11(7-9)13(17)18/h5-8,10H,2-4H2,1H3,(H,17,18)(H,14,15,16). The molecule has 1 aromatic heterocycles. The van der Waals surface area contributed by atoms with Crippen LogP contribution in [0.25, 0.3) is 0 Å². The highest BCUT2D eigenvalue weighted by molar-refractivity contribution is 5.94. The lowest BCUT2D eigenvalue weighted by atomic mass is 9.97. The highest BCUT2D eigenvalue weighted by Crippen LogP contribution is 2.32. The quantitative estimate of drug-likeness (QED) is 0.859. The molecule has 1 aromatic rings. The van der Waals surface area contributed by atoms with Crippen LogP contribution < -0.4 is 5.32 Å². The second kappa shape index (κ2) is 5.16. The van der Waals surface area contributed by atoms with Gasteiger partial charge in [-0.3, -0.25) is 4.79 Å². The first-order valence-corrected chi connectivity index (χ1v) is 6.08. The molecule has 1 amide bonds. The number of anilines is 1. The minimum atomic E-state index is -1.10. The number of pyridine rings is 1. The smallest absolute Gasteiger partial charge is 0.354 e. The fourth-order valence-corrected chi connectivity index (χ4v) is 2.40. The Morgan fingerprint density at radius 1 is 1.44 bits per heavy atom. The Balaban J connectivity index is 2.07. The van der Waals surface area contributed by atoms with Crippen molar-refractivity contribution in [2.75, 3.05) is 5.32 Å². The third kappa shape index (κ3) is 2.67. The summed E-state index contributed by atoms with van der Waals surface area (Å²) in [4.78, 5) is 26.5. The summed E-state index contributed by atoms with van der Waals surface area (Å²) in [6.45, 7) is 2.08. The van der Waals surface area contributed by atoms with Crippen molar-refractivity contribution in [2.45, 2.75) is 26.2 Å². The molecule has 2 N–H and O–H groups in total. The van der Waals surface area contributed by atoms with Crippen LogP contribution in [0.1, 0.15) is 36.7 Å². The zero-order valence-corrected chi connectivity index (χ0v) is 10.2. The SMILES string of the molecule is CC1CCCC1C(=O)Nc1ccnc(C(=O)O)c1. The van der Waals surface area contributed by atoms with Gasteiger partial charge in [-0.05, 0) is 30.9 Å². The zero-order valence-electron chi connectivity index (χ0n) is 10.2. The molecule has 1 fully saturated rings. The van der Waals surface area contributed by atoms with Crippen molar-refractivity contribution in [1.29, 1.82) is 0 Å². The number of nitrogens with one attached hydrogen (secondary N) is 1. The molecule has 1 heterocycles. The molecule has 18 heavy (non-hydrogen) atoms. The summed E-state index contributed by atoms with van der Waals surface area (Å²) in [6.07, 6.45) is 4.45. The molecule has 2 rings (SSSR count). The van der Waals surface area contributed by atoms with Crippen LogP contribution in [0.15, 0.2) is 18.3 Å². The molecular weight excluding hydrogens is 232 g/mol. The van der Waals surface area contributed by atoms with E-state index in [0.29, 0.717) is 11.6 Å². The zero-order chi connectivity index (χ0) is 13.1. The summed E-state index contributed by atoms with van der Waals surface area (Å²) in [7, 11) is 0. The summed E-state index contributed by atoms with van der Waals surface area (Å²) >= 11 is 0. The Kier molecular flexibility index (Phi) is 3.60. The van der Waals surface area contributed by atoms with E-state index in [4.69, 9.17) is 5.11 Å². The first kappa shape index (κ1) is 12.5. The van der Waals surface area contributed by atoms with E-state index in [2.05, 4.69) is 17.2 Å². The van der Waals surface area contributed by atoms with Gasteiger partial charge in [0, 0.05) is 17.8 Å². The van der Waals surface area contributed by atoms with Gasteiger partial charge >= 0.3 is 5.97 Å². The number of aromatic carboxylic acids is 1. The molecule has 0 bridgehead atoms. The first-order valence-electron chi connectivity index (χ1n) is 6.08. The molecule has 2 atom stereocenters. The second-order valence-electron chi connectivity index (χ2n) is 4.74. The molecule has 2 unspecified atom stereocenters. The van der Waals surface area contributed by atoms with Gasteiger partial charge < -0.3 is 10.4 Å². The number of amides is 1. The second-order valence-corrected chi connectivity index (χ2v) is 4.74. The van der Waals surface area contributed by atoms with Gasteiger partial charge in [0.25, 0.3) is 0 Å². The number of nitrogens with zero attached hydrogens (tertiary/aromatic N) is 1. The molecular formula is C13H16N2O3. The maximum Gasteiger partial charge on any atom is 0.354 e. The number of hydrogen-bond acceptors (Lipinski definition) is 3. The number of carbonyl (C=O) groups is 2. The van der Waals surface area contributed by atoms with E-state index >= 15 is 0 Å². The Labute approximate surface area is 105 Å². The van der Waals surface area contributed by atoms with Crippen molar-refractivity contribution in [3.63, 3.8) is 0 Å². The normalized spacial score (nSPS) is 22.7. The minimum absolute atomic E-state index is 0.0254. The van der Waals surface area contributed by atoms with E-state index in [9.17, 15) is 9.59 Å². The van der Waals surface area contributed by atoms with Gasteiger partial charge in [0.1, 0.15) is 5.69 Å². The average Bonchev–Trinajstić information content (AvgIpc) is 2.76. The van der Waals surface area contributed by atoms with Gasteiger partial charge in [-0.15, -0.1) is 0 Å². The number of carboxylic acids is 1. The fraction of sp³-hybridized carbons (Fsp3) is 0.462. The number of rotatable bonds is 3. The largest absolute Gasteiger partial charge is 0.477 e. The van der Waals surface area contributed by atoms with Gasteiger partial charge in [0.15, 0.2) is 0 Å². The van der Waals surface area contributed by atoms with Crippen LogP contribution in [-0.4, -0.2) is 22.0 Å². The number of carbonyl (C=O) groups excluding carboxylic acids is 1. The number of carboxylic acid groups (broad SMARTS) is 1. The van der Waals surface area contributed by atoms with Crippen LogP contribution in [-0.2, 0) is 4.79 Å². The highest BCUT2D eigenvalue weighted by Gasteiger charge is 2.29. The third-order valence-electron chi connectivity index (χ3n) is 3.44. The van der Waals surface area contributed by atoms with E-state index in [1.54, 1.807) is 6.07 Å². The van der Waals surface area contributed by atoms with Crippen molar-refractivity contribution in [2.24, 2.45) is 11.8 Å². The topological polar surface area (TPSA) is 79.3 Å². The molecule has 0 aromatic carbocycles.